The Morgan fingerprint density at radius 1 is 0.963 bits per heavy atom. The van der Waals surface area contributed by atoms with E-state index in [1.54, 1.807) is 25.1 Å². The van der Waals surface area contributed by atoms with Gasteiger partial charge in [-0.25, -0.2) is 0 Å². The summed E-state index contributed by atoms with van der Waals surface area (Å²) in [5, 5.41) is 5.52. The molecule has 27 heavy (non-hydrogen) atoms. The summed E-state index contributed by atoms with van der Waals surface area (Å²) in [7, 11) is 0. The summed E-state index contributed by atoms with van der Waals surface area (Å²) in [4.78, 5) is 24.7. The number of benzene rings is 2. The van der Waals surface area contributed by atoms with Gasteiger partial charge in [-0.15, -0.1) is 0 Å². The molecule has 0 heterocycles. The van der Waals surface area contributed by atoms with Crippen LogP contribution in [0.2, 0.25) is 0 Å². The summed E-state index contributed by atoms with van der Waals surface area (Å²) in [6, 6.07) is 14.2. The van der Waals surface area contributed by atoms with E-state index < -0.39 is 6.04 Å². The zero-order valence-electron chi connectivity index (χ0n) is 16.4. The number of carbonyl (C=O) groups is 2. The first-order valence-corrected chi connectivity index (χ1v) is 9.38. The number of hydrogen-bond donors (Lipinski definition) is 2. The Morgan fingerprint density at radius 2 is 1.59 bits per heavy atom. The first-order chi connectivity index (χ1) is 12.9. The molecule has 2 rings (SSSR count). The molecular weight excluding hydrogens is 340 g/mol. The molecule has 0 aliphatic rings. The van der Waals surface area contributed by atoms with Gasteiger partial charge in [0.05, 0.1) is 5.56 Å². The standard InChI is InChI=1S/C22H28N2O3/c1-5-14-23-21(25)16(4)24-22(26)18-11-7-9-13-20(18)27-19-12-8-6-10-17(19)15(2)3/h6-13,15-16H,5,14H2,1-4H3,(H,23,25)(H,24,26). The van der Waals surface area contributed by atoms with Gasteiger partial charge in [0.2, 0.25) is 5.91 Å². The Morgan fingerprint density at radius 3 is 2.26 bits per heavy atom. The van der Waals surface area contributed by atoms with Gasteiger partial charge in [0, 0.05) is 6.54 Å². The molecule has 5 heteroatoms. The Labute approximate surface area is 161 Å². The predicted molar refractivity (Wildman–Crippen MR) is 107 cm³/mol. The van der Waals surface area contributed by atoms with Crippen molar-refractivity contribution in [1.82, 2.24) is 10.6 Å². The smallest absolute Gasteiger partial charge is 0.255 e. The first-order valence-electron chi connectivity index (χ1n) is 9.38. The molecule has 0 radical (unpaired) electrons. The summed E-state index contributed by atoms with van der Waals surface area (Å²) < 4.78 is 6.07. The van der Waals surface area contributed by atoms with Crippen LogP contribution in [0.5, 0.6) is 11.5 Å². The Kier molecular flexibility index (Phi) is 7.41. The molecule has 0 aliphatic heterocycles. The van der Waals surface area contributed by atoms with Crippen molar-refractivity contribution in [2.75, 3.05) is 6.54 Å². The van der Waals surface area contributed by atoms with E-state index in [0.29, 0.717) is 23.8 Å². The van der Waals surface area contributed by atoms with Crippen molar-refractivity contribution in [3.8, 4) is 11.5 Å². The number of rotatable bonds is 8. The lowest BCUT2D eigenvalue weighted by molar-refractivity contribution is -0.122. The van der Waals surface area contributed by atoms with Gasteiger partial charge in [0.1, 0.15) is 17.5 Å². The van der Waals surface area contributed by atoms with E-state index in [4.69, 9.17) is 4.74 Å². The molecule has 144 valence electrons. The molecule has 0 bridgehead atoms. The van der Waals surface area contributed by atoms with Gasteiger partial charge in [-0.3, -0.25) is 9.59 Å². The highest BCUT2D eigenvalue weighted by Crippen LogP contribution is 2.31. The summed E-state index contributed by atoms with van der Waals surface area (Å²) in [6.07, 6.45) is 0.846. The highest BCUT2D eigenvalue weighted by Gasteiger charge is 2.19. The van der Waals surface area contributed by atoms with Crippen molar-refractivity contribution >= 4 is 11.8 Å². The maximum absolute atomic E-state index is 12.7. The third kappa shape index (κ3) is 5.58. The molecule has 2 N–H and O–H groups in total. The molecule has 0 saturated carbocycles. The van der Waals surface area contributed by atoms with E-state index in [1.165, 1.54) is 0 Å². The topological polar surface area (TPSA) is 67.4 Å². The van der Waals surface area contributed by atoms with Crippen LogP contribution in [-0.2, 0) is 4.79 Å². The van der Waals surface area contributed by atoms with Gasteiger partial charge >= 0.3 is 0 Å². The molecule has 2 aromatic rings. The van der Waals surface area contributed by atoms with Crippen LogP contribution in [0.15, 0.2) is 48.5 Å². The van der Waals surface area contributed by atoms with Crippen LogP contribution in [0.1, 0.15) is 56.0 Å². The minimum Gasteiger partial charge on any atom is -0.456 e. The number of carbonyl (C=O) groups excluding carboxylic acids is 2. The first kappa shape index (κ1) is 20.5. The molecule has 0 saturated heterocycles. The van der Waals surface area contributed by atoms with Crippen LogP contribution in [-0.4, -0.2) is 24.4 Å². The molecule has 0 fully saturated rings. The molecule has 1 atom stereocenters. The molecule has 2 amide bonds. The SMILES string of the molecule is CCCNC(=O)C(C)NC(=O)c1ccccc1Oc1ccccc1C(C)C. The Hall–Kier alpha value is -2.82. The summed E-state index contributed by atoms with van der Waals surface area (Å²) in [5.41, 5.74) is 1.46. The number of para-hydroxylation sites is 2. The molecule has 0 aliphatic carbocycles. The molecule has 1 unspecified atom stereocenters. The highest BCUT2D eigenvalue weighted by atomic mass is 16.5. The van der Waals surface area contributed by atoms with Crippen molar-refractivity contribution in [3.63, 3.8) is 0 Å². The maximum Gasteiger partial charge on any atom is 0.255 e. The fourth-order valence-electron chi connectivity index (χ4n) is 2.65. The zero-order chi connectivity index (χ0) is 19.8. The molecule has 2 aromatic carbocycles. The third-order valence-electron chi connectivity index (χ3n) is 4.18. The van der Waals surface area contributed by atoms with E-state index in [1.807, 2.05) is 37.3 Å². The quantitative estimate of drug-likeness (QED) is 0.732. The Bertz CT molecular complexity index is 787. The van der Waals surface area contributed by atoms with Crippen LogP contribution in [0.3, 0.4) is 0 Å². The van der Waals surface area contributed by atoms with E-state index in [9.17, 15) is 9.59 Å². The number of hydrogen-bond acceptors (Lipinski definition) is 3. The van der Waals surface area contributed by atoms with Crippen LogP contribution in [0, 0.1) is 0 Å². The minimum atomic E-state index is -0.625. The van der Waals surface area contributed by atoms with Crippen molar-refractivity contribution in [3.05, 3.63) is 59.7 Å². The van der Waals surface area contributed by atoms with Crippen molar-refractivity contribution < 1.29 is 14.3 Å². The monoisotopic (exact) mass is 368 g/mol. The van der Waals surface area contributed by atoms with Crippen LogP contribution < -0.4 is 15.4 Å². The lowest BCUT2D eigenvalue weighted by atomic mass is 10.0. The molecule has 5 nitrogen and oxygen atoms in total. The zero-order valence-corrected chi connectivity index (χ0v) is 16.4. The second-order valence-corrected chi connectivity index (χ2v) is 6.78. The summed E-state index contributed by atoms with van der Waals surface area (Å²) >= 11 is 0. The van der Waals surface area contributed by atoms with Gasteiger partial charge in [-0.2, -0.15) is 0 Å². The highest BCUT2D eigenvalue weighted by molar-refractivity contribution is 5.99. The average molecular weight is 368 g/mol. The average Bonchev–Trinajstić information content (AvgIpc) is 2.66. The van der Waals surface area contributed by atoms with Gasteiger partial charge in [0.15, 0.2) is 0 Å². The lowest BCUT2D eigenvalue weighted by Gasteiger charge is -2.17. The molecule has 0 aromatic heterocycles. The van der Waals surface area contributed by atoms with Gasteiger partial charge in [-0.1, -0.05) is 51.1 Å². The van der Waals surface area contributed by atoms with Crippen molar-refractivity contribution in [2.45, 2.75) is 46.1 Å². The second-order valence-electron chi connectivity index (χ2n) is 6.78. The number of ether oxygens (including phenoxy) is 1. The fourth-order valence-corrected chi connectivity index (χ4v) is 2.65. The third-order valence-corrected chi connectivity index (χ3v) is 4.18. The largest absolute Gasteiger partial charge is 0.456 e. The van der Waals surface area contributed by atoms with Crippen LogP contribution >= 0.6 is 0 Å². The van der Waals surface area contributed by atoms with Crippen molar-refractivity contribution in [2.24, 2.45) is 0 Å². The van der Waals surface area contributed by atoms with Gasteiger partial charge in [-0.05, 0) is 43.0 Å². The predicted octanol–water partition coefficient (Wildman–Crippen LogP) is 4.25. The summed E-state index contributed by atoms with van der Waals surface area (Å²) in [5.74, 6) is 0.941. The van der Waals surface area contributed by atoms with Crippen LogP contribution in [0.25, 0.3) is 0 Å². The molecule has 0 spiro atoms. The molecular formula is C22H28N2O3. The lowest BCUT2D eigenvalue weighted by Crippen LogP contribution is -2.45. The maximum atomic E-state index is 12.7. The van der Waals surface area contributed by atoms with E-state index in [2.05, 4.69) is 24.5 Å². The van der Waals surface area contributed by atoms with E-state index >= 15 is 0 Å². The normalized spacial score (nSPS) is 11.7. The number of amides is 2. The minimum absolute atomic E-state index is 0.200. The van der Waals surface area contributed by atoms with Gasteiger partial charge in [0.25, 0.3) is 5.91 Å². The Balaban J connectivity index is 2.18. The van der Waals surface area contributed by atoms with E-state index in [0.717, 1.165) is 17.7 Å². The van der Waals surface area contributed by atoms with Crippen LogP contribution in [0.4, 0.5) is 0 Å². The summed E-state index contributed by atoms with van der Waals surface area (Å²) in [6.45, 7) is 8.42. The van der Waals surface area contributed by atoms with E-state index in [-0.39, 0.29) is 11.8 Å². The fraction of sp³-hybridized carbons (Fsp3) is 0.364. The number of nitrogens with one attached hydrogen (secondary N) is 2. The van der Waals surface area contributed by atoms with Crippen molar-refractivity contribution in [1.29, 1.82) is 0 Å². The van der Waals surface area contributed by atoms with Gasteiger partial charge < -0.3 is 15.4 Å². The second kappa shape index (κ2) is 9.76.